The van der Waals surface area contributed by atoms with Crippen LogP contribution in [0.3, 0.4) is 0 Å². The second kappa shape index (κ2) is 9.17. The van der Waals surface area contributed by atoms with Crippen LogP contribution in [0.2, 0.25) is 0 Å². The van der Waals surface area contributed by atoms with Crippen molar-refractivity contribution in [3.8, 4) is 0 Å². The van der Waals surface area contributed by atoms with Crippen LogP contribution in [-0.4, -0.2) is 63.6 Å². The summed E-state index contributed by atoms with van der Waals surface area (Å²) < 4.78 is 8.88. The zero-order chi connectivity index (χ0) is 14.0. The fourth-order valence-electron chi connectivity index (χ4n) is 0.859. The topological polar surface area (TPSA) is 84.9 Å². The molecule has 7 heteroatoms. The number of amides is 1. The first kappa shape index (κ1) is 16.1. The van der Waals surface area contributed by atoms with Gasteiger partial charge in [-0.1, -0.05) is 0 Å². The van der Waals surface area contributed by atoms with E-state index in [4.69, 9.17) is 0 Å². The lowest BCUT2D eigenvalue weighted by Crippen LogP contribution is -2.34. The van der Waals surface area contributed by atoms with Gasteiger partial charge in [0.2, 0.25) is 0 Å². The highest BCUT2D eigenvalue weighted by Gasteiger charge is 2.05. The highest BCUT2D eigenvalue weighted by atomic mass is 16.5. The lowest BCUT2D eigenvalue weighted by molar-refractivity contribution is -0.144. The fourth-order valence-corrected chi connectivity index (χ4v) is 0.859. The summed E-state index contributed by atoms with van der Waals surface area (Å²) in [6.07, 6.45) is 1.82. The van der Waals surface area contributed by atoms with Crippen LogP contribution in [0.15, 0.2) is 12.2 Å². The minimum atomic E-state index is -0.775. The highest BCUT2D eigenvalue weighted by Crippen LogP contribution is 1.84. The monoisotopic (exact) mass is 258 g/mol. The summed E-state index contributed by atoms with van der Waals surface area (Å²) in [4.78, 5) is 34.8. The molecule has 0 unspecified atom stereocenters. The van der Waals surface area contributed by atoms with Crippen LogP contribution in [0.5, 0.6) is 0 Å². The molecule has 0 rings (SSSR count). The zero-order valence-electron chi connectivity index (χ0n) is 10.8. The number of nitrogens with one attached hydrogen (secondary N) is 1. The lowest BCUT2D eigenvalue weighted by atomic mass is 10.5. The van der Waals surface area contributed by atoms with Gasteiger partial charge in [0.25, 0.3) is 5.91 Å². The van der Waals surface area contributed by atoms with E-state index in [1.807, 2.05) is 19.0 Å². The van der Waals surface area contributed by atoms with E-state index >= 15 is 0 Å². The van der Waals surface area contributed by atoms with Crippen molar-refractivity contribution < 1.29 is 23.9 Å². The van der Waals surface area contributed by atoms with Crippen LogP contribution in [0.4, 0.5) is 0 Å². The molecule has 0 aromatic carbocycles. The van der Waals surface area contributed by atoms with Crippen LogP contribution in [0, 0.1) is 0 Å². The fraction of sp³-hybridized carbons (Fsp3) is 0.545. The van der Waals surface area contributed by atoms with E-state index < -0.39 is 17.8 Å². The number of carbonyl (C=O) groups is 3. The van der Waals surface area contributed by atoms with Gasteiger partial charge in [-0.15, -0.1) is 0 Å². The third kappa shape index (κ3) is 9.34. The Balaban J connectivity index is 3.75. The Bertz CT molecular complexity index is 325. The van der Waals surface area contributed by atoms with Crippen LogP contribution in [0.25, 0.3) is 0 Å². The maximum absolute atomic E-state index is 11.2. The van der Waals surface area contributed by atoms with E-state index in [2.05, 4.69) is 14.8 Å². The van der Waals surface area contributed by atoms with E-state index in [1.54, 1.807) is 0 Å². The van der Waals surface area contributed by atoms with Crippen molar-refractivity contribution in [1.82, 2.24) is 10.2 Å². The number of likely N-dealkylation sites (N-methyl/N-ethyl adjacent to an activating group) is 1. The Morgan fingerprint density at radius 3 is 2.33 bits per heavy atom. The standard InChI is InChI=1S/C11H18N2O5/c1-13(2)7-6-12-9(14)8-18-11(16)5-4-10(15)17-3/h4-5H,6-8H2,1-3H3,(H,12,14)/b5-4+. The summed E-state index contributed by atoms with van der Waals surface area (Å²) in [5.41, 5.74) is 0. The quantitative estimate of drug-likeness (QED) is 0.462. The first-order chi connectivity index (χ1) is 8.45. The van der Waals surface area contributed by atoms with E-state index in [0.717, 1.165) is 12.2 Å². The number of rotatable bonds is 7. The molecule has 0 saturated carbocycles. The SMILES string of the molecule is COC(=O)/C=C/C(=O)OCC(=O)NCCN(C)C. The summed E-state index contributed by atoms with van der Waals surface area (Å²) in [6.45, 7) is 0.793. The van der Waals surface area contributed by atoms with Crippen molar-refractivity contribution in [3.63, 3.8) is 0 Å². The van der Waals surface area contributed by atoms with Gasteiger partial charge in [0.1, 0.15) is 0 Å². The maximum atomic E-state index is 11.2. The van der Waals surface area contributed by atoms with Crippen LogP contribution in [-0.2, 0) is 23.9 Å². The third-order valence-electron chi connectivity index (χ3n) is 1.78. The van der Waals surface area contributed by atoms with Gasteiger partial charge in [-0.25, -0.2) is 9.59 Å². The highest BCUT2D eigenvalue weighted by molar-refractivity contribution is 5.92. The molecule has 0 aromatic rings. The molecule has 0 saturated heterocycles. The van der Waals surface area contributed by atoms with Crippen LogP contribution >= 0.6 is 0 Å². The number of hydrogen-bond acceptors (Lipinski definition) is 6. The first-order valence-electron chi connectivity index (χ1n) is 5.30. The van der Waals surface area contributed by atoms with Gasteiger partial charge in [0.15, 0.2) is 6.61 Å². The molecule has 0 aliphatic heterocycles. The molecule has 18 heavy (non-hydrogen) atoms. The van der Waals surface area contributed by atoms with E-state index in [-0.39, 0.29) is 6.61 Å². The molecule has 0 aliphatic rings. The van der Waals surface area contributed by atoms with Gasteiger partial charge >= 0.3 is 11.9 Å². The summed E-state index contributed by atoms with van der Waals surface area (Å²) in [7, 11) is 4.95. The van der Waals surface area contributed by atoms with Gasteiger partial charge < -0.3 is 19.7 Å². The molecule has 102 valence electrons. The van der Waals surface area contributed by atoms with Crippen molar-refractivity contribution in [2.45, 2.75) is 0 Å². The molecule has 1 N–H and O–H groups in total. The minimum Gasteiger partial charge on any atom is -0.466 e. The van der Waals surface area contributed by atoms with Gasteiger partial charge in [-0.3, -0.25) is 4.79 Å². The van der Waals surface area contributed by atoms with Crippen molar-refractivity contribution in [3.05, 3.63) is 12.2 Å². The molecule has 0 fully saturated rings. The predicted octanol–water partition coefficient (Wildman–Crippen LogP) is -1.06. The average Bonchev–Trinajstić information content (AvgIpc) is 2.32. The molecule has 0 atom stereocenters. The van der Waals surface area contributed by atoms with Crippen molar-refractivity contribution in [2.24, 2.45) is 0 Å². The number of hydrogen-bond donors (Lipinski definition) is 1. The second-order valence-electron chi connectivity index (χ2n) is 3.62. The molecule has 0 spiro atoms. The predicted molar refractivity (Wildman–Crippen MR) is 63.7 cm³/mol. The number of nitrogens with zero attached hydrogens (tertiary/aromatic N) is 1. The lowest BCUT2D eigenvalue weighted by Gasteiger charge is -2.10. The van der Waals surface area contributed by atoms with Gasteiger partial charge in [0.05, 0.1) is 7.11 Å². The van der Waals surface area contributed by atoms with Gasteiger partial charge in [-0.05, 0) is 14.1 Å². The maximum Gasteiger partial charge on any atom is 0.331 e. The molecule has 0 heterocycles. The minimum absolute atomic E-state index is 0.377. The molecule has 0 radical (unpaired) electrons. The molecule has 0 aliphatic carbocycles. The normalized spacial score (nSPS) is 10.4. The van der Waals surface area contributed by atoms with Crippen molar-refractivity contribution in [1.29, 1.82) is 0 Å². The number of methoxy groups -OCH3 is 1. The largest absolute Gasteiger partial charge is 0.466 e. The molecule has 0 bridgehead atoms. The van der Waals surface area contributed by atoms with E-state index in [0.29, 0.717) is 13.1 Å². The summed E-state index contributed by atoms with van der Waals surface area (Å²) in [5.74, 6) is -1.83. The Kier molecular flexibility index (Phi) is 8.21. The average molecular weight is 258 g/mol. The Labute approximate surface area is 106 Å². The first-order valence-corrected chi connectivity index (χ1v) is 5.30. The Morgan fingerprint density at radius 1 is 1.17 bits per heavy atom. The number of ether oxygens (including phenoxy) is 2. The van der Waals surface area contributed by atoms with E-state index in [9.17, 15) is 14.4 Å². The molecular weight excluding hydrogens is 240 g/mol. The number of carbonyl (C=O) groups excluding carboxylic acids is 3. The van der Waals surface area contributed by atoms with E-state index in [1.165, 1.54) is 7.11 Å². The smallest absolute Gasteiger partial charge is 0.331 e. The number of esters is 2. The molecule has 1 amide bonds. The third-order valence-corrected chi connectivity index (χ3v) is 1.78. The molecule has 7 nitrogen and oxygen atoms in total. The summed E-state index contributed by atoms with van der Waals surface area (Å²) in [5, 5.41) is 2.57. The molecular formula is C11H18N2O5. The van der Waals surface area contributed by atoms with Crippen molar-refractivity contribution in [2.75, 3.05) is 40.9 Å². The second-order valence-corrected chi connectivity index (χ2v) is 3.62. The van der Waals surface area contributed by atoms with Crippen LogP contribution in [0.1, 0.15) is 0 Å². The van der Waals surface area contributed by atoms with Crippen LogP contribution < -0.4 is 5.32 Å². The summed E-state index contributed by atoms with van der Waals surface area (Å²) in [6, 6.07) is 0. The van der Waals surface area contributed by atoms with Gasteiger partial charge in [-0.2, -0.15) is 0 Å². The van der Waals surface area contributed by atoms with Gasteiger partial charge in [0, 0.05) is 25.2 Å². The Hall–Kier alpha value is -1.89. The van der Waals surface area contributed by atoms with Crippen molar-refractivity contribution >= 4 is 17.8 Å². The Morgan fingerprint density at radius 2 is 1.78 bits per heavy atom. The zero-order valence-corrected chi connectivity index (χ0v) is 10.8. The summed E-state index contributed by atoms with van der Waals surface area (Å²) >= 11 is 0. The molecule has 0 aromatic heterocycles.